The highest BCUT2D eigenvalue weighted by Gasteiger charge is 2.29. The molecule has 0 aliphatic carbocycles. The average molecular weight is 485 g/mol. The van der Waals surface area contributed by atoms with E-state index in [1.54, 1.807) is 12.1 Å². The van der Waals surface area contributed by atoms with Gasteiger partial charge in [-0.1, -0.05) is 43.3 Å². The zero-order valence-corrected chi connectivity index (χ0v) is 20.9. The van der Waals surface area contributed by atoms with E-state index in [-0.39, 0.29) is 11.8 Å². The van der Waals surface area contributed by atoms with Gasteiger partial charge in [0.2, 0.25) is 0 Å². The van der Waals surface area contributed by atoms with E-state index in [2.05, 4.69) is 20.9 Å². The first-order valence-corrected chi connectivity index (χ1v) is 12.1. The number of likely N-dealkylation sites (N-methyl/N-ethyl adjacent to an activating group) is 1. The van der Waals surface area contributed by atoms with Crippen LogP contribution in [0.1, 0.15) is 34.8 Å². The highest BCUT2D eigenvalue weighted by atomic mass is 16.5. The van der Waals surface area contributed by atoms with Gasteiger partial charge in [-0.25, -0.2) is 0 Å². The Morgan fingerprint density at radius 3 is 2.42 bits per heavy atom. The molecule has 0 unspecified atom stereocenters. The Kier molecular flexibility index (Phi) is 8.02. The number of amides is 2. The second-order valence-corrected chi connectivity index (χ2v) is 8.89. The Balaban J connectivity index is 1.66. The molecule has 36 heavy (non-hydrogen) atoms. The number of carbonyl (C=O) groups is 2. The van der Waals surface area contributed by atoms with Crippen molar-refractivity contribution in [1.29, 1.82) is 0 Å². The molecule has 0 fully saturated rings. The van der Waals surface area contributed by atoms with E-state index in [0.29, 0.717) is 35.7 Å². The van der Waals surface area contributed by atoms with Crippen LogP contribution in [0.2, 0.25) is 0 Å². The molecule has 1 aliphatic rings. The fraction of sp³-hybridized carbons (Fsp3) is 0.241. The number of anilines is 2. The predicted octanol–water partition coefficient (Wildman–Crippen LogP) is 4.70. The molecule has 0 bridgehead atoms. The molecule has 3 N–H and O–H groups in total. The zero-order chi connectivity index (χ0) is 25.5. The van der Waals surface area contributed by atoms with Gasteiger partial charge in [0, 0.05) is 35.6 Å². The van der Waals surface area contributed by atoms with E-state index in [0.717, 1.165) is 35.5 Å². The average Bonchev–Trinajstić information content (AvgIpc) is 3.21. The minimum Gasteiger partial charge on any atom is -0.492 e. The zero-order valence-electron chi connectivity index (χ0n) is 20.9. The normalized spacial score (nSPS) is 13.7. The monoisotopic (exact) mass is 484 g/mol. The summed E-state index contributed by atoms with van der Waals surface area (Å²) >= 11 is 0. The molecule has 7 heteroatoms. The van der Waals surface area contributed by atoms with Crippen molar-refractivity contribution in [2.24, 2.45) is 0 Å². The molecule has 1 aliphatic heterocycles. The molecule has 2 amide bonds. The van der Waals surface area contributed by atoms with E-state index < -0.39 is 0 Å². The van der Waals surface area contributed by atoms with Crippen molar-refractivity contribution in [2.75, 3.05) is 44.4 Å². The standard InChI is InChI=1S/C29H32N4O3/c1-4-16-30-28(34)21-10-15-24-25(19-21)32-29(35)26(24)27(20-8-6-5-7-9-20)31-22-11-13-23(14-12-22)36-18-17-33(2)3/h5-15,19,31H,4,16-18H2,1-3H3,(H,30,34)(H,32,35)/b27-26-. The first kappa shape index (κ1) is 25.0. The summed E-state index contributed by atoms with van der Waals surface area (Å²) in [6.45, 7) is 4.05. The highest BCUT2D eigenvalue weighted by Crippen LogP contribution is 2.38. The topological polar surface area (TPSA) is 82.7 Å². The van der Waals surface area contributed by atoms with Crippen LogP contribution < -0.4 is 20.7 Å². The van der Waals surface area contributed by atoms with Crippen molar-refractivity contribution in [3.8, 4) is 5.75 Å². The van der Waals surface area contributed by atoms with Crippen LogP contribution >= 0.6 is 0 Å². The molecule has 0 saturated carbocycles. The quantitative estimate of drug-likeness (QED) is 0.364. The van der Waals surface area contributed by atoms with Crippen LogP contribution in [0.25, 0.3) is 11.3 Å². The number of hydrogen-bond acceptors (Lipinski definition) is 5. The Morgan fingerprint density at radius 2 is 1.72 bits per heavy atom. The summed E-state index contributed by atoms with van der Waals surface area (Å²) in [5.74, 6) is 0.417. The summed E-state index contributed by atoms with van der Waals surface area (Å²) in [5, 5.41) is 9.26. The molecule has 4 rings (SSSR count). The molecular weight excluding hydrogens is 452 g/mol. The minimum atomic E-state index is -0.217. The molecular formula is C29H32N4O3. The van der Waals surface area contributed by atoms with Gasteiger partial charge in [-0.15, -0.1) is 0 Å². The summed E-state index contributed by atoms with van der Waals surface area (Å²) < 4.78 is 5.80. The lowest BCUT2D eigenvalue weighted by molar-refractivity contribution is -0.110. The van der Waals surface area contributed by atoms with E-state index >= 15 is 0 Å². The van der Waals surface area contributed by atoms with Crippen molar-refractivity contribution >= 4 is 34.5 Å². The van der Waals surface area contributed by atoms with E-state index in [1.807, 2.05) is 81.7 Å². The highest BCUT2D eigenvalue weighted by molar-refractivity contribution is 6.37. The maximum absolute atomic E-state index is 13.2. The minimum absolute atomic E-state index is 0.152. The number of nitrogens with zero attached hydrogens (tertiary/aromatic N) is 1. The Labute approximate surface area is 212 Å². The second kappa shape index (κ2) is 11.6. The van der Waals surface area contributed by atoms with Crippen molar-refractivity contribution in [3.05, 3.63) is 89.5 Å². The predicted molar refractivity (Wildman–Crippen MR) is 145 cm³/mol. The summed E-state index contributed by atoms with van der Waals surface area (Å²) in [5.41, 5.74) is 4.83. The second-order valence-electron chi connectivity index (χ2n) is 8.89. The maximum Gasteiger partial charge on any atom is 0.258 e. The van der Waals surface area contributed by atoms with Gasteiger partial charge in [-0.05, 0) is 62.5 Å². The van der Waals surface area contributed by atoms with Crippen LogP contribution in [0.4, 0.5) is 11.4 Å². The van der Waals surface area contributed by atoms with Crippen molar-refractivity contribution in [1.82, 2.24) is 10.2 Å². The van der Waals surface area contributed by atoms with Crippen molar-refractivity contribution in [3.63, 3.8) is 0 Å². The molecule has 0 radical (unpaired) electrons. The van der Waals surface area contributed by atoms with Gasteiger partial charge in [0.1, 0.15) is 12.4 Å². The van der Waals surface area contributed by atoms with E-state index in [4.69, 9.17) is 4.74 Å². The third kappa shape index (κ3) is 5.93. The molecule has 3 aromatic carbocycles. The van der Waals surface area contributed by atoms with Crippen LogP contribution in [0.5, 0.6) is 5.75 Å². The molecule has 186 valence electrons. The first-order valence-electron chi connectivity index (χ1n) is 12.1. The van der Waals surface area contributed by atoms with Gasteiger partial charge >= 0.3 is 0 Å². The smallest absolute Gasteiger partial charge is 0.258 e. The number of ether oxygens (including phenoxy) is 1. The van der Waals surface area contributed by atoms with Gasteiger partial charge in [-0.3, -0.25) is 9.59 Å². The number of carbonyl (C=O) groups excluding carboxylic acids is 2. The Hall–Kier alpha value is -4.10. The van der Waals surface area contributed by atoms with E-state index in [1.165, 1.54) is 0 Å². The molecule has 7 nitrogen and oxygen atoms in total. The molecule has 0 spiro atoms. The lowest BCUT2D eigenvalue weighted by Gasteiger charge is -2.16. The van der Waals surface area contributed by atoms with Gasteiger partial charge in [0.05, 0.1) is 11.3 Å². The van der Waals surface area contributed by atoms with Crippen molar-refractivity contribution < 1.29 is 14.3 Å². The summed E-state index contributed by atoms with van der Waals surface area (Å²) in [6, 6.07) is 22.8. The SMILES string of the molecule is CCCNC(=O)c1ccc2c(c1)NC(=O)/C2=C(\Nc1ccc(OCCN(C)C)cc1)c1ccccc1. The van der Waals surface area contributed by atoms with E-state index in [9.17, 15) is 9.59 Å². The fourth-order valence-electron chi connectivity index (χ4n) is 3.91. The Morgan fingerprint density at radius 1 is 0.972 bits per heavy atom. The number of rotatable bonds is 10. The molecule has 0 atom stereocenters. The Bertz CT molecular complexity index is 1250. The summed E-state index contributed by atoms with van der Waals surface area (Å²) in [7, 11) is 4.02. The lowest BCUT2D eigenvalue weighted by Crippen LogP contribution is -2.23. The van der Waals surface area contributed by atoms with Gasteiger partial charge in [-0.2, -0.15) is 0 Å². The summed E-state index contributed by atoms with van der Waals surface area (Å²) in [4.78, 5) is 27.7. The maximum atomic E-state index is 13.2. The number of nitrogens with one attached hydrogen (secondary N) is 3. The van der Waals surface area contributed by atoms with Gasteiger partial charge < -0.3 is 25.6 Å². The molecule has 1 heterocycles. The number of benzene rings is 3. The molecule has 0 aromatic heterocycles. The van der Waals surface area contributed by atoms with Crippen LogP contribution in [-0.4, -0.2) is 50.5 Å². The lowest BCUT2D eigenvalue weighted by atomic mass is 9.99. The van der Waals surface area contributed by atoms with Crippen LogP contribution in [-0.2, 0) is 4.79 Å². The molecule has 3 aromatic rings. The largest absolute Gasteiger partial charge is 0.492 e. The third-order valence-electron chi connectivity index (χ3n) is 5.81. The number of fused-ring (bicyclic) bond motifs is 1. The van der Waals surface area contributed by atoms with Crippen LogP contribution in [0.3, 0.4) is 0 Å². The van der Waals surface area contributed by atoms with Crippen LogP contribution in [0.15, 0.2) is 72.8 Å². The third-order valence-corrected chi connectivity index (χ3v) is 5.81. The fourth-order valence-corrected chi connectivity index (χ4v) is 3.91. The summed E-state index contributed by atoms with van der Waals surface area (Å²) in [6.07, 6.45) is 0.857. The first-order chi connectivity index (χ1) is 17.5. The van der Waals surface area contributed by atoms with Gasteiger partial charge in [0.15, 0.2) is 0 Å². The van der Waals surface area contributed by atoms with Gasteiger partial charge in [0.25, 0.3) is 11.8 Å². The number of hydrogen-bond donors (Lipinski definition) is 3. The molecule has 0 saturated heterocycles. The van der Waals surface area contributed by atoms with Crippen molar-refractivity contribution in [2.45, 2.75) is 13.3 Å². The van der Waals surface area contributed by atoms with Crippen LogP contribution in [0, 0.1) is 0 Å².